The summed E-state index contributed by atoms with van der Waals surface area (Å²) in [5.41, 5.74) is 7.00. The molecule has 4 aromatic rings. The Morgan fingerprint density at radius 3 is 1.98 bits per heavy atom. The van der Waals surface area contributed by atoms with Gasteiger partial charge in [0.25, 0.3) is 0 Å². The van der Waals surface area contributed by atoms with Gasteiger partial charge in [-0.15, -0.1) is 0 Å². The Balaban J connectivity index is 1.29. The van der Waals surface area contributed by atoms with Gasteiger partial charge >= 0.3 is 0 Å². The number of piperidine rings is 1. The number of fused-ring (bicyclic) bond motifs is 1. The molecule has 1 fully saturated rings. The molecule has 0 spiro atoms. The predicted octanol–water partition coefficient (Wildman–Crippen LogP) is 6.91. The second-order valence-corrected chi connectivity index (χ2v) is 10.9. The minimum absolute atomic E-state index is 0.429. The molecule has 42 heavy (non-hydrogen) atoms. The topological polar surface area (TPSA) is 56.3 Å². The number of nitrogens with zero attached hydrogens (tertiary/aromatic N) is 3. The summed E-state index contributed by atoms with van der Waals surface area (Å²) < 4.78 is 24.0. The standard InChI is InChI=1S/C35H39N3O4/c1-39-35(40-2)20-23-37(24-21-35)30-16-9-17-31-29(30)15-10-22-38(31)32-18-19-33(41-25-27-11-5-3-6-12-27)36-34(32)42-26-28-13-7-4-8-14-28/h3-9,11-14,16-19H,10,15,20-26H2,1-2H3. The van der Waals surface area contributed by atoms with Crippen molar-refractivity contribution in [2.75, 3.05) is 43.7 Å². The number of ether oxygens (including phenoxy) is 4. The van der Waals surface area contributed by atoms with Gasteiger partial charge in [0.2, 0.25) is 11.8 Å². The molecular formula is C35H39N3O4. The van der Waals surface area contributed by atoms with Crippen molar-refractivity contribution < 1.29 is 18.9 Å². The van der Waals surface area contributed by atoms with E-state index in [4.69, 9.17) is 23.9 Å². The highest BCUT2D eigenvalue weighted by Gasteiger charge is 2.36. The van der Waals surface area contributed by atoms with E-state index in [-0.39, 0.29) is 0 Å². The lowest BCUT2D eigenvalue weighted by molar-refractivity contribution is -0.216. The second kappa shape index (κ2) is 12.8. The Kier molecular flexibility index (Phi) is 8.58. The molecule has 0 unspecified atom stereocenters. The SMILES string of the molecule is COC1(OC)CCN(c2cccc3c2CCCN3c2ccc(OCc3ccccc3)nc2OCc2ccccc2)CC1. The maximum atomic E-state index is 6.41. The highest BCUT2D eigenvalue weighted by atomic mass is 16.7. The van der Waals surface area contributed by atoms with E-state index in [0.717, 1.165) is 62.1 Å². The zero-order valence-electron chi connectivity index (χ0n) is 24.5. The van der Waals surface area contributed by atoms with Gasteiger partial charge in [-0.25, -0.2) is 0 Å². The largest absolute Gasteiger partial charge is 0.473 e. The van der Waals surface area contributed by atoms with Gasteiger partial charge in [0.1, 0.15) is 18.9 Å². The quantitative estimate of drug-likeness (QED) is 0.194. The number of benzene rings is 3. The van der Waals surface area contributed by atoms with Crippen LogP contribution in [-0.4, -0.2) is 44.6 Å². The second-order valence-electron chi connectivity index (χ2n) is 10.9. The van der Waals surface area contributed by atoms with Crippen molar-refractivity contribution in [1.82, 2.24) is 4.98 Å². The third kappa shape index (κ3) is 6.08. The molecule has 0 aliphatic carbocycles. The number of anilines is 3. The van der Waals surface area contributed by atoms with Crippen LogP contribution in [0.5, 0.6) is 11.8 Å². The van der Waals surface area contributed by atoms with Gasteiger partial charge in [0.15, 0.2) is 5.79 Å². The van der Waals surface area contributed by atoms with Crippen molar-refractivity contribution in [1.29, 1.82) is 0 Å². The number of hydrogen-bond acceptors (Lipinski definition) is 7. The summed E-state index contributed by atoms with van der Waals surface area (Å²) in [5.74, 6) is 0.633. The molecule has 0 bridgehead atoms. The first kappa shape index (κ1) is 28.1. The van der Waals surface area contributed by atoms with Crippen LogP contribution in [0.15, 0.2) is 91.0 Å². The van der Waals surface area contributed by atoms with Gasteiger partial charge < -0.3 is 28.7 Å². The molecule has 0 saturated carbocycles. The fraction of sp³-hybridized carbons (Fsp3) is 0.343. The molecule has 0 atom stereocenters. The minimum atomic E-state index is -0.488. The van der Waals surface area contributed by atoms with Crippen LogP contribution in [-0.2, 0) is 29.1 Å². The summed E-state index contributed by atoms with van der Waals surface area (Å²) >= 11 is 0. The number of hydrogen-bond donors (Lipinski definition) is 0. The summed E-state index contributed by atoms with van der Waals surface area (Å²) in [6.07, 6.45) is 3.74. The lowest BCUT2D eigenvalue weighted by Crippen LogP contribution is -2.47. The van der Waals surface area contributed by atoms with E-state index < -0.39 is 5.79 Å². The van der Waals surface area contributed by atoms with Gasteiger partial charge in [0.05, 0.1) is 0 Å². The van der Waals surface area contributed by atoms with Crippen molar-refractivity contribution in [2.24, 2.45) is 0 Å². The summed E-state index contributed by atoms with van der Waals surface area (Å²) in [5, 5.41) is 0. The lowest BCUT2D eigenvalue weighted by atomic mass is 9.96. The van der Waals surface area contributed by atoms with Crippen molar-refractivity contribution in [3.05, 3.63) is 108 Å². The lowest BCUT2D eigenvalue weighted by Gasteiger charge is -2.42. The molecule has 218 valence electrons. The maximum Gasteiger partial charge on any atom is 0.241 e. The smallest absolute Gasteiger partial charge is 0.241 e. The molecule has 1 aromatic heterocycles. The van der Waals surface area contributed by atoms with Crippen LogP contribution < -0.4 is 19.3 Å². The zero-order chi connectivity index (χ0) is 28.8. The fourth-order valence-electron chi connectivity index (χ4n) is 6.00. The van der Waals surface area contributed by atoms with Crippen LogP contribution in [0.1, 0.15) is 36.0 Å². The summed E-state index contributed by atoms with van der Waals surface area (Å²) in [6.45, 7) is 3.54. The first-order chi connectivity index (χ1) is 20.7. The number of aromatic nitrogens is 1. The van der Waals surface area contributed by atoms with Crippen LogP contribution in [0.3, 0.4) is 0 Å². The van der Waals surface area contributed by atoms with Crippen LogP contribution >= 0.6 is 0 Å². The van der Waals surface area contributed by atoms with E-state index in [1.165, 1.54) is 16.9 Å². The third-order valence-electron chi connectivity index (χ3n) is 8.39. The van der Waals surface area contributed by atoms with Gasteiger partial charge in [-0.05, 0) is 47.7 Å². The molecular weight excluding hydrogens is 526 g/mol. The van der Waals surface area contributed by atoms with Crippen molar-refractivity contribution in [2.45, 2.75) is 44.7 Å². The minimum Gasteiger partial charge on any atom is -0.473 e. The van der Waals surface area contributed by atoms with E-state index in [1.54, 1.807) is 14.2 Å². The van der Waals surface area contributed by atoms with E-state index in [9.17, 15) is 0 Å². The molecule has 0 radical (unpaired) electrons. The van der Waals surface area contributed by atoms with E-state index in [2.05, 4.69) is 58.3 Å². The number of rotatable bonds is 10. The molecule has 7 nitrogen and oxygen atoms in total. The Bertz CT molecular complexity index is 1450. The average molecular weight is 566 g/mol. The van der Waals surface area contributed by atoms with Crippen molar-refractivity contribution >= 4 is 17.1 Å². The van der Waals surface area contributed by atoms with Gasteiger partial charge in [-0.2, -0.15) is 4.98 Å². The Labute approximate surface area is 248 Å². The zero-order valence-corrected chi connectivity index (χ0v) is 24.5. The molecule has 6 rings (SSSR count). The van der Waals surface area contributed by atoms with Crippen LogP contribution in [0.25, 0.3) is 0 Å². The summed E-state index contributed by atoms with van der Waals surface area (Å²) in [7, 11) is 3.48. The van der Waals surface area contributed by atoms with E-state index >= 15 is 0 Å². The molecule has 7 heteroatoms. The van der Waals surface area contributed by atoms with Gasteiger partial charge in [0, 0.05) is 64.1 Å². The predicted molar refractivity (Wildman–Crippen MR) is 166 cm³/mol. The first-order valence-electron chi connectivity index (χ1n) is 14.8. The number of pyridine rings is 1. The van der Waals surface area contributed by atoms with Crippen LogP contribution in [0.4, 0.5) is 17.1 Å². The monoisotopic (exact) mass is 565 g/mol. The Hall–Kier alpha value is -4.07. The molecule has 3 heterocycles. The Morgan fingerprint density at radius 1 is 0.667 bits per heavy atom. The molecule has 1 saturated heterocycles. The average Bonchev–Trinajstić information content (AvgIpc) is 3.07. The Morgan fingerprint density at radius 2 is 1.31 bits per heavy atom. The van der Waals surface area contributed by atoms with E-state index in [1.807, 2.05) is 42.5 Å². The molecule has 2 aliphatic rings. The summed E-state index contributed by atoms with van der Waals surface area (Å²) in [6, 6.07) is 31.0. The molecule has 0 amide bonds. The van der Waals surface area contributed by atoms with Gasteiger partial charge in [-0.3, -0.25) is 0 Å². The first-order valence-corrected chi connectivity index (χ1v) is 14.8. The van der Waals surface area contributed by atoms with Crippen LogP contribution in [0.2, 0.25) is 0 Å². The third-order valence-corrected chi connectivity index (χ3v) is 8.39. The normalized spacial score (nSPS) is 16.1. The highest BCUT2D eigenvalue weighted by molar-refractivity contribution is 5.77. The summed E-state index contributed by atoms with van der Waals surface area (Å²) in [4.78, 5) is 9.71. The highest BCUT2D eigenvalue weighted by Crippen LogP contribution is 2.43. The fourth-order valence-corrected chi connectivity index (χ4v) is 6.00. The van der Waals surface area contributed by atoms with E-state index in [0.29, 0.717) is 25.0 Å². The van der Waals surface area contributed by atoms with Crippen molar-refractivity contribution in [3.63, 3.8) is 0 Å². The van der Waals surface area contributed by atoms with Crippen LogP contribution in [0, 0.1) is 0 Å². The number of methoxy groups -OCH3 is 2. The molecule has 0 N–H and O–H groups in total. The maximum absolute atomic E-state index is 6.41. The van der Waals surface area contributed by atoms with Crippen molar-refractivity contribution in [3.8, 4) is 11.8 Å². The molecule has 2 aliphatic heterocycles. The van der Waals surface area contributed by atoms with Gasteiger partial charge in [-0.1, -0.05) is 66.7 Å². The molecule has 3 aromatic carbocycles.